The molecule has 3 unspecified atom stereocenters. The maximum absolute atomic E-state index is 12.2. The average Bonchev–Trinajstić information content (AvgIpc) is 2.39. The lowest BCUT2D eigenvalue weighted by molar-refractivity contribution is -0.147. The first-order valence-corrected chi connectivity index (χ1v) is 6.91. The fourth-order valence-corrected chi connectivity index (χ4v) is 2.85. The van der Waals surface area contributed by atoms with Gasteiger partial charge in [0.05, 0.1) is 19.1 Å². The molecule has 2 saturated heterocycles. The Morgan fingerprint density at radius 3 is 2.84 bits per heavy atom. The molecule has 2 aliphatic rings. The number of carboxylic acids is 1. The number of rotatable bonds is 3. The highest BCUT2D eigenvalue weighted by molar-refractivity contribution is 5.78. The number of carbonyl (C=O) groups excluding carboxylic acids is 1. The highest BCUT2D eigenvalue weighted by atomic mass is 16.5. The van der Waals surface area contributed by atoms with Gasteiger partial charge in [0.2, 0.25) is 5.91 Å². The van der Waals surface area contributed by atoms with Crippen LogP contribution < -0.4 is 5.32 Å². The van der Waals surface area contributed by atoms with E-state index in [-0.39, 0.29) is 23.9 Å². The Hall–Kier alpha value is -1.14. The minimum Gasteiger partial charge on any atom is -0.481 e. The number of nitrogens with one attached hydrogen (secondary N) is 1. The van der Waals surface area contributed by atoms with Crippen molar-refractivity contribution in [2.75, 3.05) is 26.3 Å². The van der Waals surface area contributed by atoms with Crippen LogP contribution >= 0.6 is 0 Å². The first-order chi connectivity index (χ1) is 9.08. The van der Waals surface area contributed by atoms with Crippen molar-refractivity contribution in [2.45, 2.75) is 38.3 Å². The molecule has 2 fully saturated rings. The number of morpholine rings is 1. The third-order valence-electron chi connectivity index (χ3n) is 3.97. The van der Waals surface area contributed by atoms with E-state index in [1.165, 1.54) is 0 Å². The quantitative estimate of drug-likeness (QED) is 0.759. The van der Waals surface area contributed by atoms with E-state index in [4.69, 9.17) is 9.84 Å². The summed E-state index contributed by atoms with van der Waals surface area (Å²) in [6.45, 7) is 4.54. The van der Waals surface area contributed by atoms with Crippen LogP contribution in [-0.4, -0.2) is 60.3 Å². The molecule has 2 N–H and O–H groups in total. The van der Waals surface area contributed by atoms with Crippen molar-refractivity contribution in [1.29, 1.82) is 0 Å². The van der Waals surface area contributed by atoms with Gasteiger partial charge >= 0.3 is 5.97 Å². The van der Waals surface area contributed by atoms with Crippen molar-refractivity contribution >= 4 is 11.9 Å². The number of hydrogen-bond donors (Lipinski definition) is 2. The van der Waals surface area contributed by atoms with E-state index in [2.05, 4.69) is 5.32 Å². The molecule has 2 rings (SSSR count). The van der Waals surface area contributed by atoms with Crippen molar-refractivity contribution in [3.05, 3.63) is 0 Å². The molecule has 2 heterocycles. The zero-order chi connectivity index (χ0) is 13.8. The van der Waals surface area contributed by atoms with E-state index in [0.717, 1.165) is 6.54 Å². The molecule has 0 aliphatic carbocycles. The maximum Gasteiger partial charge on any atom is 0.306 e. The summed E-state index contributed by atoms with van der Waals surface area (Å²) < 4.78 is 5.33. The topological polar surface area (TPSA) is 78.9 Å². The Balaban J connectivity index is 1.84. The molecule has 6 heteroatoms. The number of piperidine rings is 1. The summed E-state index contributed by atoms with van der Waals surface area (Å²) in [4.78, 5) is 25.0. The molecular formula is C13H22N2O4. The monoisotopic (exact) mass is 270 g/mol. The van der Waals surface area contributed by atoms with Crippen LogP contribution in [0.3, 0.4) is 0 Å². The van der Waals surface area contributed by atoms with E-state index < -0.39 is 5.97 Å². The molecule has 2 aliphatic heterocycles. The normalized spacial score (nSPS) is 32.1. The van der Waals surface area contributed by atoms with E-state index in [1.807, 2.05) is 11.8 Å². The molecule has 3 atom stereocenters. The molecule has 19 heavy (non-hydrogen) atoms. The van der Waals surface area contributed by atoms with Crippen molar-refractivity contribution < 1.29 is 19.4 Å². The molecule has 0 aromatic carbocycles. The summed E-state index contributed by atoms with van der Waals surface area (Å²) >= 11 is 0. The number of amides is 1. The predicted octanol–water partition coefficient (Wildman–Crippen LogP) is 0.0766. The Labute approximate surface area is 113 Å². The van der Waals surface area contributed by atoms with Gasteiger partial charge in [-0.25, -0.2) is 0 Å². The van der Waals surface area contributed by atoms with Crippen LogP contribution in [0.5, 0.6) is 0 Å². The van der Waals surface area contributed by atoms with E-state index in [1.54, 1.807) is 0 Å². The first-order valence-electron chi connectivity index (χ1n) is 6.91. The van der Waals surface area contributed by atoms with Crippen LogP contribution in [0, 0.1) is 5.92 Å². The highest BCUT2D eigenvalue weighted by Crippen LogP contribution is 2.23. The number of carboxylic acid groups (broad SMARTS) is 1. The Bertz CT molecular complexity index is 342. The predicted molar refractivity (Wildman–Crippen MR) is 68.8 cm³/mol. The number of nitrogens with zero attached hydrogens (tertiary/aromatic N) is 1. The third kappa shape index (κ3) is 3.67. The molecule has 0 aromatic rings. The lowest BCUT2D eigenvalue weighted by atomic mass is 9.91. The van der Waals surface area contributed by atoms with Gasteiger partial charge in [-0.15, -0.1) is 0 Å². The molecule has 0 aromatic heterocycles. The fraction of sp³-hybridized carbons (Fsp3) is 0.846. The van der Waals surface area contributed by atoms with E-state index >= 15 is 0 Å². The molecule has 1 amide bonds. The minimum absolute atomic E-state index is 0.00635. The van der Waals surface area contributed by atoms with Gasteiger partial charge in [-0.2, -0.15) is 0 Å². The SMILES string of the molecule is CC1CC(C(=O)O)CCN1C(=O)CC1COCCN1. The van der Waals surface area contributed by atoms with Crippen molar-refractivity contribution in [1.82, 2.24) is 10.2 Å². The van der Waals surface area contributed by atoms with Gasteiger partial charge in [-0.3, -0.25) is 9.59 Å². The Morgan fingerprint density at radius 2 is 2.26 bits per heavy atom. The largest absolute Gasteiger partial charge is 0.481 e. The number of likely N-dealkylation sites (tertiary alicyclic amines) is 1. The average molecular weight is 270 g/mol. The minimum atomic E-state index is -0.749. The second-order valence-electron chi connectivity index (χ2n) is 5.43. The van der Waals surface area contributed by atoms with Crippen molar-refractivity contribution in [3.8, 4) is 0 Å². The van der Waals surface area contributed by atoms with E-state index in [9.17, 15) is 9.59 Å². The molecule has 0 radical (unpaired) electrons. The number of ether oxygens (including phenoxy) is 1. The Morgan fingerprint density at radius 1 is 1.47 bits per heavy atom. The van der Waals surface area contributed by atoms with Crippen LogP contribution in [0.15, 0.2) is 0 Å². The van der Waals surface area contributed by atoms with Gasteiger partial charge < -0.3 is 20.1 Å². The lowest BCUT2D eigenvalue weighted by Crippen LogP contribution is -2.50. The number of carbonyl (C=O) groups is 2. The van der Waals surface area contributed by atoms with Crippen LogP contribution in [0.25, 0.3) is 0 Å². The second-order valence-corrected chi connectivity index (χ2v) is 5.43. The summed E-state index contributed by atoms with van der Waals surface area (Å²) in [5.74, 6) is -0.962. The van der Waals surface area contributed by atoms with Gasteiger partial charge in [0.25, 0.3) is 0 Å². The fourth-order valence-electron chi connectivity index (χ4n) is 2.85. The summed E-state index contributed by atoms with van der Waals surface area (Å²) in [6.07, 6.45) is 1.54. The van der Waals surface area contributed by atoms with Crippen LogP contribution in [-0.2, 0) is 14.3 Å². The van der Waals surface area contributed by atoms with Crippen LogP contribution in [0.2, 0.25) is 0 Å². The molecular weight excluding hydrogens is 248 g/mol. The van der Waals surface area contributed by atoms with E-state index in [0.29, 0.717) is 39.0 Å². The summed E-state index contributed by atoms with van der Waals surface area (Å²) in [7, 11) is 0. The zero-order valence-corrected chi connectivity index (χ0v) is 11.3. The summed E-state index contributed by atoms with van der Waals surface area (Å²) in [6, 6.07) is 0.0949. The zero-order valence-electron chi connectivity index (χ0n) is 11.3. The van der Waals surface area contributed by atoms with Gasteiger partial charge in [0.15, 0.2) is 0 Å². The second kappa shape index (κ2) is 6.34. The molecule has 108 valence electrons. The van der Waals surface area contributed by atoms with Crippen molar-refractivity contribution in [3.63, 3.8) is 0 Å². The molecule has 0 bridgehead atoms. The smallest absolute Gasteiger partial charge is 0.306 e. The highest BCUT2D eigenvalue weighted by Gasteiger charge is 2.33. The third-order valence-corrected chi connectivity index (χ3v) is 3.97. The summed E-state index contributed by atoms with van der Waals surface area (Å²) in [5.41, 5.74) is 0. The van der Waals surface area contributed by atoms with Gasteiger partial charge in [0.1, 0.15) is 0 Å². The van der Waals surface area contributed by atoms with Crippen LogP contribution in [0.1, 0.15) is 26.2 Å². The maximum atomic E-state index is 12.2. The molecule has 0 spiro atoms. The standard InChI is InChI=1S/C13H22N2O4/c1-9-6-10(13(17)18)2-4-15(9)12(16)7-11-8-19-5-3-14-11/h9-11,14H,2-8H2,1H3,(H,17,18). The van der Waals surface area contributed by atoms with Crippen molar-refractivity contribution in [2.24, 2.45) is 5.92 Å². The molecule has 0 saturated carbocycles. The first kappa shape index (κ1) is 14.3. The van der Waals surface area contributed by atoms with Gasteiger partial charge in [0, 0.05) is 31.6 Å². The number of aliphatic carboxylic acids is 1. The van der Waals surface area contributed by atoms with Gasteiger partial charge in [-0.1, -0.05) is 0 Å². The Kier molecular flexibility index (Phi) is 4.76. The lowest BCUT2D eigenvalue weighted by Gasteiger charge is -2.37. The van der Waals surface area contributed by atoms with Gasteiger partial charge in [-0.05, 0) is 19.8 Å². The van der Waals surface area contributed by atoms with Crippen LogP contribution in [0.4, 0.5) is 0 Å². The number of hydrogen-bond acceptors (Lipinski definition) is 4. The summed E-state index contributed by atoms with van der Waals surface area (Å²) in [5, 5.41) is 12.3. The molecule has 6 nitrogen and oxygen atoms in total.